The summed E-state index contributed by atoms with van der Waals surface area (Å²) >= 11 is 0. The number of benzene rings is 1. The Kier molecular flexibility index (Phi) is 2.99. The number of hydrogen-bond acceptors (Lipinski definition) is 0. The van der Waals surface area contributed by atoms with Gasteiger partial charge in [-0.05, 0) is 16.9 Å². The van der Waals surface area contributed by atoms with E-state index >= 15 is 0 Å². The molecule has 0 saturated carbocycles. The highest BCUT2D eigenvalue weighted by atomic mass is 14.5. The van der Waals surface area contributed by atoms with Crippen molar-refractivity contribution in [3.8, 4) is 0 Å². The van der Waals surface area contributed by atoms with Gasteiger partial charge in [0.25, 0.3) is 0 Å². The first kappa shape index (κ1) is 12.2. The molecule has 0 amide bonds. The molecule has 2 atom stereocenters. The van der Waals surface area contributed by atoms with Crippen LogP contribution in [-0.2, 0) is 0 Å². The summed E-state index contributed by atoms with van der Waals surface area (Å²) in [5, 5.41) is 0. The van der Waals surface area contributed by atoms with Crippen molar-refractivity contribution in [3.05, 3.63) is 60.2 Å². The maximum Gasteiger partial charge on any atom is 0.000825 e. The Labute approximate surface area is 105 Å². The molecule has 0 N–H and O–H groups in total. The molecule has 17 heavy (non-hydrogen) atoms. The molecule has 1 aliphatic rings. The minimum Gasteiger partial charge on any atom is -0.0780 e. The van der Waals surface area contributed by atoms with Crippen molar-refractivity contribution in [2.24, 2.45) is 10.8 Å². The predicted octanol–water partition coefficient (Wildman–Crippen LogP) is 4.95. The standard InChI is InChI=1S/C17H22/c1-14(15-10-6-5-7-11-15)17(4)13-9-8-12-16(17,2)3/h5-14H,1-4H3. The molecule has 0 heteroatoms. The molecule has 2 unspecified atom stereocenters. The third-order valence-corrected chi connectivity index (χ3v) is 4.65. The molecule has 1 aromatic carbocycles. The van der Waals surface area contributed by atoms with E-state index in [1.54, 1.807) is 0 Å². The lowest BCUT2D eigenvalue weighted by molar-refractivity contribution is 0.166. The fraction of sp³-hybridized carbons (Fsp3) is 0.412. The van der Waals surface area contributed by atoms with Gasteiger partial charge in [0.15, 0.2) is 0 Å². The van der Waals surface area contributed by atoms with Crippen LogP contribution < -0.4 is 0 Å². The van der Waals surface area contributed by atoms with Gasteiger partial charge in [-0.3, -0.25) is 0 Å². The second kappa shape index (κ2) is 4.18. The Balaban J connectivity index is 2.39. The molecule has 2 rings (SSSR count). The Hall–Kier alpha value is -1.30. The quantitative estimate of drug-likeness (QED) is 0.669. The summed E-state index contributed by atoms with van der Waals surface area (Å²) in [5.41, 5.74) is 1.78. The number of hydrogen-bond donors (Lipinski definition) is 0. The minimum absolute atomic E-state index is 0.170. The first-order chi connectivity index (χ1) is 7.97. The Morgan fingerprint density at radius 1 is 0.882 bits per heavy atom. The second-order valence-corrected chi connectivity index (χ2v) is 5.85. The molecule has 0 aliphatic heterocycles. The molecule has 1 aliphatic carbocycles. The van der Waals surface area contributed by atoms with Crippen LogP contribution in [0.5, 0.6) is 0 Å². The van der Waals surface area contributed by atoms with Gasteiger partial charge in [0.1, 0.15) is 0 Å². The van der Waals surface area contributed by atoms with E-state index in [1.165, 1.54) is 5.56 Å². The van der Waals surface area contributed by atoms with E-state index in [0.717, 1.165) is 0 Å². The summed E-state index contributed by atoms with van der Waals surface area (Å²) in [6.07, 6.45) is 9.04. The zero-order chi connectivity index (χ0) is 12.5. The van der Waals surface area contributed by atoms with Crippen molar-refractivity contribution in [2.45, 2.75) is 33.6 Å². The maximum atomic E-state index is 2.37. The highest BCUT2D eigenvalue weighted by Gasteiger charge is 2.42. The summed E-state index contributed by atoms with van der Waals surface area (Å²) in [6.45, 7) is 9.35. The van der Waals surface area contributed by atoms with Gasteiger partial charge < -0.3 is 0 Å². The van der Waals surface area contributed by atoms with E-state index in [1.807, 2.05) is 0 Å². The monoisotopic (exact) mass is 226 g/mol. The average molecular weight is 226 g/mol. The van der Waals surface area contributed by atoms with Crippen LogP contribution in [0.4, 0.5) is 0 Å². The normalized spacial score (nSPS) is 28.0. The molecular formula is C17H22. The lowest BCUT2D eigenvalue weighted by Gasteiger charge is -2.46. The van der Waals surface area contributed by atoms with E-state index in [0.29, 0.717) is 5.92 Å². The number of allylic oxidation sites excluding steroid dienone is 4. The van der Waals surface area contributed by atoms with Gasteiger partial charge in [0.2, 0.25) is 0 Å². The van der Waals surface area contributed by atoms with Crippen LogP contribution in [0.3, 0.4) is 0 Å². The van der Waals surface area contributed by atoms with Crippen LogP contribution in [0.2, 0.25) is 0 Å². The van der Waals surface area contributed by atoms with E-state index in [-0.39, 0.29) is 10.8 Å². The Morgan fingerprint density at radius 3 is 2.06 bits per heavy atom. The van der Waals surface area contributed by atoms with Crippen molar-refractivity contribution in [1.29, 1.82) is 0 Å². The molecule has 0 nitrogen and oxygen atoms in total. The number of rotatable bonds is 2. The largest absolute Gasteiger partial charge is 0.0780 e. The van der Waals surface area contributed by atoms with E-state index < -0.39 is 0 Å². The van der Waals surface area contributed by atoms with Gasteiger partial charge in [-0.25, -0.2) is 0 Å². The van der Waals surface area contributed by atoms with Crippen LogP contribution in [0.15, 0.2) is 54.6 Å². The Bertz CT molecular complexity index is 436. The zero-order valence-corrected chi connectivity index (χ0v) is 11.3. The van der Waals surface area contributed by atoms with Crippen LogP contribution in [0.25, 0.3) is 0 Å². The van der Waals surface area contributed by atoms with E-state index in [4.69, 9.17) is 0 Å². The summed E-state index contributed by atoms with van der Waals surface area (Å²) in [4.78, 5) is 0. The minimum atomic E-state index is 0.170. The average Bonchev–Trinajstić information content (AvgIpc) is 2.33. The highest BCUT2D eigenvalue weighted by Crippen LogP contribution is 2.52. The molecule has 0 saturated heterocycles. The first-order valence-corrected chi connectivity index (χ1v) is 6.39. The second-order valence-electron chi connectivity index (χ2n) is 5.85. The molecular weight excluding hydrogens is 204 g/mol. The van der Waals surface area contributed by atoms with Gasteiger partial charge in [0, 0.05) is 5.41 Å². The van der Waals surface area contributed by atoms with Gasteiger partial charge >= 0.3 is 0 Å². The highest BCUT2D eigenvalue weighted by molar-refractivity contribution is 5.31. The first-order valence-electron chi connectivity index (χ1n) is 6.39. The van der Waals surface area contributed by atoms with Crippen LogP contribution in [-0.4, -0.2) is 0 Å². The maximum absolute atomic E-state index is 2.37. The summed E-state index contributed by atoms with van der Waals surface area (Å²) in [7, 11) is 0. The predicted molar refractivity (Wildman–Crippen MR) is 75.0 cm³/mol. The molecule has 90 valence electrons. The zero-order valence-electron chi connectivity index (χ0n) is 11.3. The summed E-state index contributed by atoms with van der Waals surface area (Å²) in [6, 6.07) is 10.8. The fourth-order valence-corrected chi connectivity index (χ4v) is 2.74. The molecule has 0 spiro atoms. The third-order valence-electron chi connectivity index (χ3n) is 4.65. The lowest BCUT2D eigenvalue weighted by Crippen LogP contribution is -2.37. The van der Waals surface area contributed by atoms with Crippen molar-refractivity contribution in [3.63, 3.8) is 0 Å². The van der Waals surface area contributed by atoms with Gasteiger partial charge in [-0.15, -0.1) is 0 Å². The van der Waals surface area contributed by atoms with Crippen molar-refractivity contribution < 1.29 is 0 Å². The topological polar surface area (TPSA) is 0 Å². The fourth-order valence-electron chi connectivity index (χ4n) is 2.74. The van der Waals surface area contributed by atoms with Gasteiger partial charge in [-0.1, -0.05) is 82.3 Å². The molecule has 0 heterocycles. The summed E-state index contributed by atoms with van der Waals surface area (Å²) in [5.74, 6) is 0.514. The molecule has 1 aromatic rings. The van der Waals surface area contributed by atoms with Gasteiger partial charge in [0.05, 0.1) is 0 Å². The lowest BCUT2D eigenvalue weighted by atomic mass is 9.57. The van der Waals surface area contributed by atoms with Crippen molar-refractivity contribution >= 4 is 0 Å². The van der Waals surface area contributed by atoms with Crippen LogP contribution >= 0.6 is 0 Å². The molecule has 0 aromatic heterocycles. The van der Waals surface area contributed by atoms with Gasteiger partial charge in [-0.2, -0.15) is 0 Å². The molecule has 0 radical (unpaired) electrons. The van der Waals surface area contributed by atoms with Crippen LogP contribution in [0, 0.1) is 10.8 Å². The van der Waals surface area contributed by atoms with E-state index in [9.17, 15) is 0 Å². The van der Waals surface area contributed by atoms with E-state index in [2.05, 4.69) is 82.3 Å². The molecule has 0 fully saturated rings. The SMILES string of the molecule is CC(c1ccccc1)C1(C)C=CC=CC1(C)C. The van der Waals surface area contributed by atoms with Crippen molar-refractivity contribution in [1.82, 2.24) is 0 Å². The smallest absolute Gasteiger partial charge is 0.000825 e. The van der Waals surface area contributed by atoms with Crippen molar-refractivity contribution in [2.75, 3.05) is 0 Å². The molecule has 0 bridgehead atoms. The Morgan fingerprint density at radius 2 is 1.47 bits per heavy atom. The van der Waals surface area contributed by atoms with Crippen LogP contribution in [0.1, 0.15) is 39.2 Å². The third kappa shape index (κ3) is 1.97. The summed E-state index contributed by atoms with van der Waals surface area (Å²) < 4.78 is 0.